The summed E-state index contributed by atoms with van der Waals surface area (Å²) in [6, 6.07) is 11.3. The monoisotopic (exact) mass is 405 g/mol. The quantitative estimate of drug-likeness (QED) is 0.556. The second-order valence-corrected chi connectivity index (χ2v) is 8.11. The average Bonchev–Trinajstić information content (AvgIpc) is 3.11. The van der Waals surface area contributed by atoms with Crippen molar-refractivity contribution in [1.82, 2.24) is 5.32 Å². The zero-order valence-electron chi connectivity index (χ0n) is 14.7. The SMILES string of the molecule is O=C(COC(=O)CCC(=O)c1ccc(Cl)s1)N[C@@H]1CCCc2ccccc21. The van der Waals surface area contributed by atoms with Gasteiger partial charge in [-0.1, -0.05) is 35.9 Å². The molecule has 5 nitrogen and oxygen atoms in total. The Morgan fingerprint density at radius 1 is 1.15 bits per heavy atom. The highest BCUT2D eigenvalue weighted by Crippen LogP contribution is 2.29. The van der Waals surface area contributed by atoms with Crippen LogP contribution in [0.25, 0.3) is 0 Å². The van der Waals surface area contributed by atoms with Crippen molar-refractivity contribution in [2.45, 2.75) is 38.1 Å². The average molecular weight is 406 g/mol. The number of thiophene rings is 1. The van der Waals surface area contributed by atoms with Crippen LogP contribution in [0.2, 0.25) is 4.34 Å². The summed E-state index contributed by atoms with van der Waals surface area (Å²) >= 11 is 6.97. The number of benzene rings is 1. The van der Waals surface area contributed by atoms with Gasteiger partial charge in [0.25, 0.3) is 5.91 Å². The zero-order valence-corrected chi connectivity index (χ0v) is 16.3. The minimum absolute atomic E-state index is 0.0350. The van der Waals surface area contributed by atoms with E-state index in [1.165, 1.54) is 16.9 Å². The fourth-order valence-electron chi connectivity index (χ4n) is 3.16. The van der Waals surface area contributed by atoms with E-state index in [9.17, 15) is 14.4 Å². The van der Waals surface area contributed by atoms with Crippen LogP contribution in [0.15, 0.2) is 36.4 Å². The molecule has 1 atom stereocenters. The smallest absolute Gasteiger partial charge is 0.306 e. The molecule has 3 rings (SSSR count). The lowest BCUT2D eigenvalue weighted by atomic mass is 9.88. The van der Waals surface area contributed by atoms with E-state index >= 15 is 0 Å². The molecule has 1 amide bonds. The number of hydrogen-bond acceptors (Lipinski definition) is 5. The molecule has 0 saturated carbocycles. The van der Waals surface area contributed by atoms with Gasteiger partial charge in [0, 0.05) is 6.42 Å². The van der Waals surface area contributed by atoms with Gasteiger partial charge in [-0.2, -0.15) is 0 Å². The summed E-state index contributed by atoms with van der Waals surface area (Å²) in [6.45, 7) is -0.337. The van der Waals surface area contributed by atoms with Crippen LogP contribution in [0.4, 0.5) is 0 Å². The van der Waals surface area contributed by atoms with Crippen LogP contribution in [0.1, 0.15) is 52.5 Å². The first-order valence-electron chi connectivity index (χ1n) is 8.84. The van der Waals surface area contributed by atoms with Crippen LogP contribution in [0, 0.1) is 0 Å². The Bertz CT molecular complexity index is 848. The van der Waals surface area contributed by atoms with Crippen molar-refractivity contribution >= 4 is 40.6 Å². The van der Waals surface area contributed by atoms with Gasteiger partial charge >= 0.3 is 5.97 Å². The van der Waals surface area contributed by atoms with E-state index in [0.29, 0.717) is 9.21 Å². The molecule has 0 fully saturated rings. The number of esters is 1. The van der Waals surface area contributed by atoms with Crippen molar-refractivity contribution < 1.29 is 19.1 Å². The highest BCUT2D eigenvalue weighted by Gasteiger charge is 2.22. The topological polar surface area (TPSA) is 72.5 Å². The van der Waals surface area contributed by atoms with E-state index in [-0.39, 0.29) is 37.2 Å². The molecule has 1 aromatic carbocycles. The minimum atomic E-state index is -0.565. The standard InChI is InChI=1S/C20H20ClNO4S/c21-18-10-9-17(27-18)16(23)8-11-20(25)26-12-19(24)22-15-7-3-5-13-4-1-2-6-14(13)15/h1-2,4,6,9-10,15H,3,5,7-8,11-12H2,(H,22,24)/t15-/m1/s1. The molecule has 0 saturated heterocycles. The highest BCUT2D eigenvalue weighted by molar-refractivity contribution is 7.18. The number of rotatable bonds is 7. The molecule has 1 N–H and O–H groups in total. The summed E-state index contributed by atoms with van der Waals surface area (Å²) in [4.78, 5) is 36.4. The zero-order chi connectivity index (χ0) is 19.2. The van der Waals surface area contributed by atoms with Crippen LogP contribution >= 0.6 is 22.9 Å². The Morgan fingerprint density at radius 2 is 1.96 bits per heavy atom. The summed E-state index contributed by atoms with van der Waals surface area (Å²) < 4.78 is 5.53. The van der Waals surface area contributed by atoms with Gasteiger partial charge in [-0.15, -0.1) is 11.3 Å². The first-order valence-corrected chi connectivity index (χ1v) is 10.0. The lowest BCUT2D eigenvalue weighted by molar-refractivity contribution is -0.148. The number of Topliss-reactive ketones (excluding diaryl/α,β-unsaturated/α-hetero) is 1. The number of ketones is 1. The van der Waals surface area contributed by atoms with Gasteiger partial charge in [-0.05, 0) is 42.5 Å². The molecule has 0 unspecified atom stereocenters. The summed E-state index contributed by atoms with van der Waals surface area (Å²) in [5.41, 5.74) is 2.38. The highest BCUT2D eigenvalue weighted by atomic mass is 35.5. The normalized spacial score (nSPS) is 15.7. The number of fused-ring (bicyclic) bond motifs is 1. The van der Waals surface area contributed by atoms with Crippen LogP contribution in [-0.2, 0) is 20.7 Å². The van der Waals surface area contributed by atoms with Gasteiger partial charge in [0.15, 0.2) is 12.4 Å². The number of amides is 1. The van der Waals surface area contributed by atoms with E-state index in [0.717, 1.165) is 24.8 Å². The third-order valence-corrected chi connectivity index (χ3v) is 5.75. The molecule has 142 valence electrons. The Labute approximate surface area is 166 Å². The maximum Gasteiger partial charge on any atom is 0.306 e. The van der Waals surface area contributed by atoms with Gasteiger partial charge in [0.1, 0.15) is 0 Å². The first kappa shape index (κ1) is 19.6. The summed E-state index contributed by atoms with van der Waals surface area (Å²) in [5.74, 6) is -1.06. The second kappa shape index (κ2) is 9.15. The molecule has 0 aliphatic heterocycles. The molecule has 0 bridgehead atoms. The van der Waals surface area contributed by atoms with Gasteiger partial charge < -0.3 is 10.1 Å². The molecule has 1 aliphatic carbocycles. The maximum atomic E-state index is 12.1. The number of nitrogens with one attached hydrogen (secondary N) is 1. The van der Waals surface area contributed by atoms with E-state index in [1.54, 1.807) is 12.1 Å². The number of carbonyl (C=O) groups is 3. The molecule has 2 aromatic rings. The molecule has 0 radical (unpaired) electrons. The van der Waals surface area contributed by atoms with Crippen LogP contribution in [0.5, 0.6) is 0 Å². The largest absolute Gasteiger partial charge is 0.456 e. The van der Waals surface area contributed by atoms with Gasteiger partial charge in [0.2, 0.25) is 0 Å². The van der Waals surface area contributed by atoms with Gasteiger partial charge in [0.05, 0.1) is 21.7 Å². The molecule has 1 aliphatic rings. The lowest BCUT2D eigenvalue weighted by Gasteiger charge is -2.26. The van der Waals surface area contributed by atoms with Crippen molar-refractivity contribution in [3.63, 3.8) is 0 Å². The second-order valence-electron chi connectivity index (χ2n) is 6.40. The summed E-state index contributed by atoms with van der Waals surface area (Å²) in [6.07, 6.45) is 2.87. The minimum Gasteiger partial charge on any atom is -0.456 e. The number of hydrogen-bond donors (Lipinski definition) is 1. The fourth-order valence-corrected chi connectivity index (χ4v) is 4.17. The van der Waals surface area contributed by atoms with E-state index in [2.05, 4.69) is 11.4 Å². The van der Waals surface area contributed by atoms with Crippen molar-refractivity contribution in [3.8, 4) is 0 Å². The van der Waals surface area contributed by atoms with Crippen LogP contribution in [-0.4, -0.2) is 24.3 Å². The van der Waals surface area contributed by atoms with Gasteiger partial charge in [-0.25, -0.2) is 0 Å². The maximum absolute atomic E-state index is 12.1. The van der Waals surface area contributed by atoms with Crippen molar-refractivity contribution in [2.24, 2.45) is 0 Å². The summed E-state index contributed by atoms with van der Waals surface area (Å²) in [7, 11) is 0. The van der Waals surface area contributed by atoms with Crippen LogP contribution < -0.4 is 5.32 Å². The predicted molar refractivity (Wildman–Crippen MR) is 104 cm³/mol. The first-order chi connectivity index (χ1) is 13.0. The molecular weight excluding hydrogens is 386 g/mol. The van der Waals surface area contributed by atoms with Crippen molar-refractivity contribution in [3.05, 3.63) is 56.7 Å². The van der Waals surface area contributed by atoms with E-state index in [1.807, 2.05) is 18.2 Å². The fraction of sp³-hybridized carbons (Fsp3) is 0.350. The number of carbonyl (C=O) groups excluding carboxylic acids is 3. The molecule has 27 heavy (non-hydrogen) atoms. The van der Waals surface area contributed by atoms with Crippen molar-refractivity contribution in [2.75, 3.05) is 6.61 Å². The molecular formula is C20H20ClNO4S. The van der Waals surface area contributed by atoms with Crippen LogP contribution in [0.3, 0.4) is 0 Å². The Hall–Kier alpha value is -2.18. The number of aryl methyl sites for hydroxylation is 1. The summed E-state index contributed by atoms with van der Waals surface area (Å²) in [5, 5.41) is 2.93. The van der Waals surface area contributed by atoms with E-state index in [4.69, 9.17) is 16.3 Å². The predicted octanol–water partition coefficient (Wildman–Crippen LogP) is 4.10. The molecule has 1 heterocycles. The Kier molecular flexibility index (Phi) is 6.63. The third kappa shape index (κ3) is 5.40. The van der Waals surface area contributed by atoms with E-state index < -0.39 is 5.97 Å². The molecule has 0 spiro atoms. The lowest BCUT2D eigenvalue weighted by Crippen LogP contribution is -2.34. The number of ether oxygens (including phenoxy) is 1. The number of halogens is 1. The van der Waals surface area contributed by atoms with Gasteiger partial charge in [-0.3, -0.25) is 14.4 Å². The molecule has 7 heteroatoms. The Balaban J connectivity index is 1.41. The third-order valence-electron chi connectivity index (χ3n) is 4.47. The molecule has 1 aromatic heterocycles. The Morgan fingerprint density at radius 3 is 2.74 bits per heavy atom. The van der Waals surface area contributed by atoms with Crippen molar-refractivity contribution in [1.29, 1.82) is 0 Å².